The highest BCUT2D eigenvalue weighted by Gasteiger charge is 2.41. The van der Waals surface area contributed by atoms with Crippen molar-refractivity contribution < 1.29 is 18.4 Å². The highest BCUT2D eigenvalue weighted by Crippen LogP contribution is 2.33. The van der Waals surface area contributed by atoms with Gasteiger partial charge in [-0.25, -0.2) is 0 Å². The van der Waals surface area contributed by atoms with Crippen LogP contribution in [-0.4, -0.2) is 35.2 Å². The molecule has 0 spiro atoms. The van der Waals surface area contributed by atoms with Gasteiger partial charge in [0.1, 0.15) is 0 Å². The topological polar surface area (TPSA) is 61.9 Å². The molecule has 7 heteroatoms. The standard InChI is InChI=1S/C14H18F3N3O/c15-14(16,17)12-5-2-6-20(9-12)8-10-3-1-4-11(7-10)13(18)19-21/h1,3-4,7,12,21H,2,5-6,8-9H2,(H2,18,19). The fourth-order valence-electron chi connectivity index (χ4n) is 2.61. The van der Waals surface area contributed by atoms with Gasteiger partial charge in [-0.3, -0.25) is 4.90 Å². The maximum absolute atomic E-state index is 12.8. The van der Waals surface area contributed by atoms with Crippen LogP contribution >= 0.6 is 0 Å². The summed E-state index contributed by atoms with van der Waals surface area (Å²) in [5, 5.41) is 11.6. The van der Waals surface area contributed by atoms with E-state index < -0.39 is 12.1 Å². The van der Waals surface area contributed by atoms with Crippen LogP contribution in [0.3, 0.4) is 0 Å². The average Bonchev–Trinajstić information content (AvgIpc) is 2.46. The molecule has 1 unspecified atom stereocenters. The van der Waals surface area contributed by atoms with Gasteiger partial charge in [0.05, 0.1) is 5.92 Å². The lowest BCUT2D eigenvalue weighted by atomic mass is 9.97. The van der Waals surface area contributed by atoms with E-state index in [2.05, 4.69) is 5.16 Å². The lowest BCUT2D eigenvalue weighted by Crippen LogP contribution is -2.41. The van der Waals surface area contributed by atoms with Gasteiger partial charge in [0.25, 0.3) is 0 Å². The molecule has 0 saturated carbocycles. The van der Waals surface area contributed by atoms with Gasteiger partial charge in [-0.1, -0.05) is 23.4 Å². The zero-order chi connectivity index (χ0) is 15.5. The number of halogens is 3. The summed E-state index contributed by atoms with van der Waals surface area (Å²) in [5.41, 5.74) is 6.92. The Hall–Kier alpha value is -1.76. The predicted molar refractivity (Wildman–Crippen MR) is 73.0 cm³/mol. The molecule has 1 fully saturated rings. The van der Waals surface area contributed by atoms with Crippen LogP contribution in [0.15, 0.2) is 29.4 Å². The summed E-state index contributed by atoms with van der Waals surface area (Å²) < 4.78 is 38.3. The highest BCUT2D eigenvalue weighted by atomic mass is 19.4. The number of hydrogen-bond acceptors (Lipinski definition) is 3. The van der Waals surface area contributed by atoms with Crippen LogP contribution < -0.4 is 5.73 Å². The third-order valence-corrected chi connectivity index (χ3v) is 3.71. The van der Waals surface area contributed by atoms with E-state index in [0.29, 0.717) is 25.1 Å². The molecule has 1 aliphatic rings. The maximum atomic E-state index is 12.8. The summed E-state index contributed by atoms with van der Waals surface area (Å²) in [6.07, 6.45) is -3.39. The minimum Gasteiger partial charge on any atom is -0.409 e. The van der Waals surface area contributed by atoms with E-state index in [4.69, 9.17) is 10.9 Å². The lowest BCUT2D eigenvalue weighted by Gasteiger charge is -2.33. The summed E-state index contributed by atoms with van der Waals surface area (Å²) in [6.45, 7) is 1.11. The monoisotopic (exact) mass is 301 g/mol. The second-order valence-electron chi connectivity index (χ2n) is 5.30. The molecular formula is C14H18F3N3O. The zero-order valence-electron chi connectivity index (χ0n) is 11.5. The first-order chi connectivity index (χ1) is 9.90. The summed E-state index contributed by atoms with van der Waals surface area (Å²) in [4.78, 5) is 1.80. The molecule has 0 aromatic heterocycles. The van der Waals surface area contributed by atoms with Gasteiger partial charge in [-0.05, 0) is 31.0 Å². The molecule has 0 aliphatic carbocycles. The van der Waals surface area contributed by atoms with Crippen molar-refractivity contribution in [3.05, 3.63) is 35.4 Å². The van der Waals surface area contributed by atoms with Crippen molar-refractivity contribution in [3.63, 3.8) is 0 Å². The molecular weight excluding hydrogens is 283 g/mol. The van der Waals surface area contributed by atoms with Gasteiger partial charge in [-0.15, -0.1) is 0 Å². The van der Waals surface area contributed by atoms with Crippen molar-refractivity contribution in [2.75, 3.05) is 13.1 Å². The summed E-state index contributed by atoms with van der Waals surface area (Å²) >= 11 is 0. The summed E-state index contributed by atoms with van der Waals surface area (Å²) in [6, 6.07) is 6.98. The Labute approximate surface area is 121 Å². The molecule has 0 radical (unpaired) electrons. The van der Waals surface area contributed by atoms with Crippen LogP contribution in [0.5, 0.6) is 0 Å². The van der Waals surface area contributed by atoms with E-state index in [1.165, 1.54) is 0 Å². The van der Waals surface area contributed by atoms with E-state index in [-0.39, 0.29) is 18.8 Å². The number of hydrogen-bond donors (Lipinski definition) is 2. The smallest absolute Gasteiger partial charge is 0.393 e. The van der Waals surface area contributed by atoms with Gasteiger partial charge in [-0.2, -0.15) is 13.2 Å². The minimum absolute atomic E-state index is 0.0105. The molecule has 2 rings (SSSR count). The normalized spacial score (nSPS) is 21.5. The van der Waals surface area contributed by atoms with Crippen LogP contribution in [0.25, 0.3) is 0 Å². The molecule has 1 aromatic rings. The van der Waals surface area contributed by atoms with E-state index in [1.807, 2.05) is 6.07 Å². The van der Waals surface area contributed by atoms with E-state index in [1.54, 1.807) is 23.1 Å². The quantitative estimate of drug-likeness (QED) is 0.390. The maximum Gasteiger partial charge on any atom is 0.393 e. The van der Waals surface area contributed by atoms with Crippen LogP contribution in [-0.2, 0) is 6.54 Å². The number of piperidine rings is 1. The summed E-state index contributed by atoms with van der Waals surface area (Å²) in [7, 11) is 0. The van der Waals surface area contributed by atoms with Crippen molar-refractivity contribution in [3.8, 4) is 0 Å². The largest absolute Gasteiger partial charge is 0.409 e. The van der Waals surface area contributed by atoms with E-state index in [0.717, 1.165) is 5.56 Å². The van der Waals surface area contributed by atoms with Gasteiger partial charge >= 0.3 is 6.18 Å². The van der Waals surface area contributed by atoms with Gasteiger partial charge in [0, 0.05) is 18.7 Å². The molecule has 1 atom stereocenters. The van der Waals surface area contributed by atoms with E-state index in [9.17, 15) is 13.2 Å². The lowest BCUT2D eigenvalue weighted by molar-refractivity contribution is -0.187. The number of nitrogens with two attached hydrogens (primary N) is 1. The first kappa shape index (κ1) is 15.6. The van der Waals surface area contributed by atoms with Gasteiger partial charge in [0.2, 0.25) is 0 Å². The fraction of sp³-hybridized carbons (Fsp3) is 0.500. The van der Waals surface area contributed by atoms with E-state index >= 15 is 0 Å². The molecule has 0 bridgehead atoms. The minimum atomic E-state index is -4.13. The Bertz CT molecular complexity index is 516. The van der Waals surface area contributed by atoms with Crippen molar-refractivity contribution in [1.82, 2.24) is 4.90 Å². The Balaban J connectivity index is 2.04. The highest BCUT2D eigenvalue weighted by molar-refractivity contribution is 5.97. The zero-order valence-corrected chi connectivity index (χ0v) is 11.5. The van der Waals surface area contributed by atoms with Crippen molar-refractivity contribution in [1.29, 1.82) is 0 Å². The third-order valence-electron chi connectivity index (χ3n) is 3.71. The molecule has 1 aromatic carbocycles. The second kappa shape index (κ2) is 6.34. The average molecular weight is 301 g/mol. The molecule has 21 heavy (non-hydrogen) atoms. The van der Waals surface area contributed by atoms with Crippen LogP contribution in [0.4, 0.5) is 13.2 Å². The Morgan fingerprint density at radius 1 is 1.43 bits per heavy atom. The first-order valence-electron chi connectivity index (χ1n) is 6.76. The summed E-state index contributed by atoms with van der Waals surface area (Å²) in [5.74, 6) is -1.26. The SMILES string of the molecule is NC(=NO)c1cccc(CN2CCCC(C(F)(F)F)C2)c1. The molecule has 4 nitrogen and oxygen atoms in total. The number of benzene rings is 1. The van der Waals surface area contributed by atoms with Crippen molar-refractivity contribution in [2.24, 2.45) is 16.8 Å². The second-order valence-corrected chi connectivity index (χ2v) is 5.30. The molecule has 0 amide bonds. The third kappa shape index (κ3) is 4.10. The fourth-order valence-corrected chi connectivity index (χ4v) is 2.61. The Kier molecular flexibility index (Phi) is 4.72. The molecule has 3 N–H and O–H groups in total. The number of alkyl halides is 3. The molecule has 1 saturated heterocycles. The van der Waals surface area contributed by atoms with Gasteiger partial charge in [0.15, 0.2) is 5.84 Å². The van der Waals surface area contributed by atoms with Crippen LogP contribution in [0.2, 0.25) is 0 Å². The molecule has 1 heterocycles. The Morgan fingerprint density at radius 2 is 2.19 bits per heavy atom. The molecule has 116 valence electrons. The number of oxime groups is 1. The van der Waals surface area contributed by atoms with Crippen molar-refractivity contribution in [2.45, 2.75) is 25.6 Å². The number of likely N-dealkylation sites (tertiary alicyclic amines) is 1. The van der Waals surface area contributed by atoms with Crippen LogP contribution in [0.1, 0.15) is 24.0 Å². The molecule has 1 aliphatic heterocycles. The number of rotatable bonds is 3. The number of nitrogens with zero attached hydrogens (tertiary/aromatic N) is 2. The Morgan fingerprint density at radius 3 is 2.86 bits per heavy atom. The number of amidine groups is 1. The predicted octanol–water partition coefficient (Wildman–Crippen LogP) is 2.56. The van der Waals surface area contributed by atoms with Crippen LogP contribution in [0, 0.1) is 5.92 Å². The first-order valence-corrected chi connectivity index (χ1v) is 6.76. The van der Waals surface area contributed by atoms with Crippen molar-refractivity contribution >= 4 is 5.84 Å². The van der Waals surface area contributed by atoms with Gasteiger partial charge < -0.3 is 10.9 Å².